The van der Waals surface area contributed by atoms with Gasteiger partial charge < -0.3 is 31.8 Å². The lowest BCUT2D eigenvalue weighted by atomic mass is 10.0. The number of oxime groups is 1. The van der Waals surface area contributed by atoms with E-state index in [-0.39, 0.29) is 27.4 Å². The highest BCUT2D eigenvalue weighted by molar-refractivity contribution is 8.00. The number of carboxylic acid groups (broad SMARTS) is 2. The number of aryl methyl sites for hydroxylation is 1. The van der Waals surface area contributed by atoms with Crippen LogP contribution < -0.4 is 20.7 Å². The minimum absolute atomic E-state index is 0.000622. The summed E-state index contributed by atoms with van der Waals surface area (Å²) in [5, 5.41) is 25.0. The molecular formula is C20H21ClN7O7S3+. The third-order valence-electron chi connectivity index (χ3n) is 5.52. The number of aliphatic carboxylic acids is 2. The number of rotatable bonds is 9. The fourth-order valence-corrected chi connectivity index (χ4v) is 6.84. The number of nitrogens with zero attached hydrogens (tertiary/aromatic N) is 4. The number of aromatic nitrogens is 2. The Hall–Kier alpha value is -3.41. The number of carbonyl (C=O) groups is 4. The summed E-state index contributed by atoms with van der Waals surface area (Å²) < 4.78 is 1.83. The first kappa shape index (κ1) is 27.6. The van der Waals surface area contributed by atoms with Crippen LogP contribution >= 0.6 is 46.2 Å². The van der Waals surface area contributed by atoms with Gasteiger partial charge in [0.2, 0.25) is 6.10 Å². The van der Waals surface area contributed by atoms with Crippen LogP contribution in [0.3, 0.4) is 0 Å². The average molecular weight is 603 g/mol. The summed E-state index contributed by atoms with van der Waals surface area (Å²) in [5.74, 6) is -3.87. The summed E-state index contributed by atoms with van der Waals surface area (Å²) in [6.45, 7) is 3.29. The minimum atomic E-state index is -1.40. The lowest BCUT2D eigenvalue weighted by Crippen LogP contribution is -2.71. The number of fused-ring (bicyclic) bond motifs is 1. The van der Waals surface area contributed by atoms with Gasteiger partial charge in [0.05, 0.1) is 0 Å². The monoisotopic (exact) mass is 602 g/mol. The van der Waals surface area contributed by atoms with Gasteiger partial charge in [-0.2, -0.15) is 0 Å². The number of thiazole rings is 1. The van der Waals surface area contributed by atoms with Crippen LogP contribution in [0.5, 0.6) is 0 Å². The molecule has 0 bridgehead atoms. The lowest BCUT2D eigenvalue weighted by Gasteiger charge is -2.49. The van der Waals surface area contributed by atoms with Crippen molar-refractivity contribution in [2.24, 2.45) is 5.16 Å². The van der Waals surface area contributed by atoms with Gasteiger partial charge in [-0.3, -0.25) is 14.5 Å². The Kier molecular flexibility index (Phi) is 7.82. The van der Waals surface area contributed by atoms with Crippen molar-refractivity contribution in [3.63, 3.8) is 0 Å². The van der Waals surface area contributed by atoms with E-state index in [2.05, 4.69) is 15.5 Å². The molecule has 0 unspecified atom stereocenters. The van der Waals surface area contributed by atoms with Gasteiger partial charge in [0, 0.05) is 24.3 Å². The number of hydrogen-bond donors (Lipinski definition) is 5. The second kappa shape index (κ2) is 10.8. The van der Waals surface area contributed by atoms with Crippen molar-refractivity contribution in [1.82, 2.24) is 15.2 Å². The van der Waals surface area contributed by atoms with E-state index in [1.54, 1.807) is 6.07 Å². The number of hydrogen-bond acceptors (Lipinski definition) is 12. The molecule has 2 amide bonds. The fraction of sp³-hybridized carbons (Fsp3) is 0.350. The van der Waals surface area contributed by atoms with Crippen molar-refractivity contribution in [3.05, 3.63) is 33.1 Å². The number of nitrogens with one attached hydrogen (secondary N) is 1. The molecule has 18 heteroatoms. The van der Waals surface area contributed by atoms with Gasteiger partial charge in [0.1, 0.15) is 27.1 Å². The van der Waals surface area contributed by atoms with Crippen LogP contribution in [-0.4, -0.2) is 72.8 Å². The van der Waals surface area contributed by atoms with Crippen LogP contribution in [-0.2, 0) is 30.6 Å². The maximum atomic E-state index is 13.1. The van der Waals surface area contributed by atoms with E-state index in [9.17, 15) is 24.3 Å². The van der Waals surface area contributed by atoms with E-state index in [0.29, 0.717) is 16.3 Å². The predicted molar refractivity (Wildman–Crippen MR) is 140 cm³/mol. The number of halogens is 1. The van der Waals surface area contributed by atoms with Gasteiger partial charge in [-0.15, -0.1) is 15.7 Å². The van der Waals surface area contributed by atoms with Crippen LogP contribution in [0.2, 0.25) is 4.34 Å². The molecule has 3 atom stereocenters. The Labute approximate surface area is 232 Å². The number of nitrogen functional groups attached to an aromatic ring is 2. The number of nitrogens with two attached hydrogens (primary N) is 2. The molecule has 1 fully saturated rings. The van der Waals surface area contributed by atoms with Crippen molar-refractivity contribution in [1.29, 1.82) is 0 Å². The predicted octanol–water partition coefficient (Wildman–Crippen LogP) is 0.251. The molecule has 0 aliphatic carbocycles. The molecule has 4 heterocycles. The Morgan fingerprint density at radius 3 is 2.66 bits per heavy atom. The molecule has 14 nitrogen and oxygen atoms in total. The Bertz CT molecular complexity index is 1410. The van der Waals surface area contributed by atoms with Gasteiger partial charge in [-0.1, -0.05) is 28.1 Å². The topological polar surface area (TPSA) is 214 Å². The van der Waals surface area contributed by atoms with E-state index >= 15 is 0 Å². The number of carbonyl (C=O) groups excluding carboxylic acids is 2. The normalized spacial score (nSPS) is 20.0. The van der Waals surface area contributed by atoms with Crippen molar-refractivity contribution in [3.8, 4) is 0 Å². The quantitative estimate of drug-likeness (QED) is 0.113. The highest BCUT2D eigenvalue weighted by Gasteiger charge is 2.55. The van der Waals surface area contributed by atoms with Crippen molar-refractivity contribution in [2.75, 3.05) is 17.2 Å². The van der Waals surface area contributed by atoms with Crippen LogP contribution in [0.25, 0.3) is 0 Å². The zero-order valence-corrected chi connectivity index (χ0v) is 22.9. The molecule has 7 N–H and O–H groups in total. The molecule has 0 spiro atoms. The third-order valence-corrected chi connectivity index (χ3v) is 8.91. The molecule has 0 radical (unpaired) electrons. The van der Waals surface area contributed by atoms with Gasteiger partial charge in [0.15, 0.2) is 39.6 Å². The first-order valence-electron chi connectivity index (χ1n) is 10.7. The van der Waals surface area contributed by atoms with Gasteiger partial charge in [-0.25, -0.2) is 14.6 Å². The number of thioether (sulfide) groups is 1. The Balaban J connectivity index is 1.57. The number of β-lactam (4-membered cyclic amide) rings is 1. The van der Waals surface area contributed by atoms with E-state index in [4.69, 9.17) is 33.0 Å². The molecule has 38 heavy (non-hydrogen) atoms. The zero-order valence-electron chi connectivity index (χ0n) is 19.7. The SMILES string of the molecule is Cc1cc(N)s[n+]1CC1=C(C(=O)O)N2C(=O)[C@@H](NC(=O)/C(=N\O[C@@H](C)C(=O)O)c3nc(N)sc3Cl)[C@H]2SC1. The average Bonchev–Trinajstić information content (AvgIpc) is 3.35. The molecule has 4 rings (SSSR count). The van der Waals surface area contributed by atoms with Gasteiger partial charge >= 0.3 is 11.9 Å². The van der Waals surface area contributed by atoms with E-state index in [1.807, 2.05) is 10.9 Å². The fourth-order valence-electron chi connectivity index (χ4n) is 3.68. The maximum absolute atomic E-state index is 13.1. The van der Waals surface area contributed by atoms with Crippen molar-refractivity contribution in [2.45, 2.75) is 37.9 Å². The summed E-state index contributed by atoms with van der Waals surface area (Å²) in [6.07, 6.45) is -1.40. The number of carboxylic acids is 2. The van der Waals surface area contributed by atoms with E-state index < -0.39 is 47.0 Å². The molecule has 1 saturated heterocycles. The molecule has 2 aliphatic rings. The summed E-state index contributed by atoms with van der Waals surface area (Å²) in [4.78, 5) is 59.5. The first-order chi connectivity index (χ1) is 17.9. The van der Waals surface area contributed by atoms with Crippen molar-refractivity contribution >= 4 is 85.8 Å². The van der Waals surface area contributed by atoms with Crippen LogP contribution in [0.1, 0.15) is 18.3 Å². The summed E-state index contributed by atoms with van der Waals surface area (Å²) in [5.41, 5.74) is 12.1. The van der Waals surface area contributed by atoms with Crippen molar-refractivity contribution < 1.29 is 38.2 Å². The first-order valence-corrected chi connectivity index (χ1v) is 13.8. The smallest absolute Gasteiger partial charge is 0.352 e. The number of amides is 2. The van der Waals surface area contributed by atoms with Crippen LogP contribution in [0.4, 0.5) is 10.1 Å². The second-order valence-corrected chi connectivity index (χ2v) is 12.0. The summed E-state index contributed by atoms with van der Waals surface area (Å²) >= 11 is 9.54. The molecule has 0 aromatic carbocycles. The zero-order chi connectivity index (χ0) is 27.9. The largest absolute Gasteiger partial charge is 0.478 e. The summed E-state index contributed by atoms with van der Waals surface area (Å²) in [7, 11) is 0. The molecule has 0 saturated carbocycles. The summed E-state index contributed by atoms with van der Waals surface area (Å²) in [6, 6.07) is 0.680. The molecule has 202 valence electrons. The second-order valence-electron chi connectivity index (χ2n) is 8.13. The van der Waals surface area contributed by atoms with Gasteiger partial charge in [-0.05, 0) is 6.92 Å². The van der Waals surface area contributed by atoms with Crippen LogP contribution in [0.15, 0.2) is 22.5 Å². The lowest BCUT2D eigenvalue weighted by molar-refractivity contribution is -0.626. The Morgan fingerprint density at radius 2 is 2.11 bits per heavy atom. The minimum Gasteiger partial charge on any atom is -0.478 e. The standard InChI is InChI=1S/C20H20ClN7O7S3/c1-6-3-9(22)38-27(6)4-8-5-36-17-12(16(30)28(17)13(8)19(33)34)24-15(29)11(26-35-7(2)18(31)32)10-14(21)37-20(23)25-10/h3,7,12,17,22H,4-5H2,1-2H3,(H5,23,24,25,29,31,32,33,34)/p+1/b26-11-/t7-,12+,17+/m0/s1. The Morgan fingerprint density at radius 1 is 1.39 bits per heavy atom. The maximum Gasteiger partial charge on any atom is 0.352 e. The molecule has 2 aliphatic heterocycles. The van der Waals surface area contributed by atoms with Crippen LogP contribution in [0, 0.1) is 6.92 Å². The third kappa shape index (κ3) is 5.27. The molecular weight excluding hydrogens is 582 g/mol. The molecule has 2 aromatic rings. The van der Waals surface area contributed by atoms with Gasteiger partial charge in [0.25, 0.3) is 11.8 Å². The number of anilines is 2. The molecule has 2 aromatic heterocycles. The van der Waals surface area contributed by atoms with E-state index in [1.165, 1.54) is 30.2 Å². The highest BCUT2D eigenvalue weighted by atomic mass is 35.5. The highest BCUT2D eigenvalue weighted by Crippen LogP contribution is 2.40. The van der Waals surface area contributed by atoms with E-state index in [0.717, 1.165) is 21.9 Å².